The Balaban J connectivity index is 1.43. The third kappa shape index (κ3) is 5.09. The van der Waals surface area contributed by atoms with Gasteiger partial charge in [0.05, 0.1) is 7.11 Å². The van der Waals surface area contributed by atoms with Gasteiger partial charge in [-0.3, -0.25) is 9.69 Å². The van der Waals surface area contributed by atoms with Crippen LogP contribution in [0.4, 0.5) is 0 Å². The fraction of sp³-hybridized carbons (Fsp3) is 0.409. The lowest BCUT2D eigenvalue weighted by atomic mass is 10.1. The molecule has 0 saturated carbocycles. The molecule has 2 aromatic carbocycles. The van der Waals surface area contributed by atoms with Crippen molar-refractivity contribution in [3.63, 3.8) is 0 Å². The number of aryl methyl sites for hydroxylation is 1. The summed E-state index contributed by atoms with van der Waals surface area (Å²) in [6.45, 7) is 4.02. The van der Waals surface area contributed by atoms with Crippen molar-refractivity contribution in [3.05, 3.63) is 65.2 Å². The number of rotatable bonds is 8. The Morgan fingerprint density at radius 3 is 2.54 bits per heavy atom. The molecule has 0 bridgehead atoms. The van der Waals surface area contributed by atoms with E-state index in [1.807, 2.05) is 30.3 Å². The smallest absolute Gasteiger partial charge is 0.251 e. The summed E-state index contributed by atoms with van der Waals surface area (Å²) in [6.07, 6.45) is 4.38. The molecule has 138 valence electrons. The summed E-state index contributed by atoms with van der Waals surface area (Å²) in [6, 6.07) is 16.0. The van der Waals surface area contributed by atoms with E-state index in [1.54, 1.807) is 7.11 Å². The number of nitrogens with zero attached hydrogens (tertiary/aromatic N) is 1. The Labute approximate surface area is 156 Å². The van der Waals surface area contributed by atoms with E-state index in [2.05, 4.69) is 28.4 Å². The van der Waals surface area contributed by atoms with Gasteiger partial charge in [-0.25, -0.2) is 0 Å². The highest BCUT2D eigenvalue weighted by molar-refractivity contribution is 5.94. The maximum atomic E-state index is 12.3. The Kier molecular flexibility index (Phi) is 6.67. The highest BCUT2D eigenvalue weighted by Crippen LogP contribution is 2.18. The van der Waals surface area contributed by atoms with Crippen molar-refractivity contribution >= 4 is 5.91 Å². The van der Waals surface area contributed by atoms with Crippen LogP contribution < -0.4 is 10.1 Å². The summed E-state index contributed by atoms with van der Waals surface area (Å²) in [5.74, 6) is 0.908. The van der Waals surface area contributed by atoms with E-state index in [4.69, 9.17) is 4.74 Å². The average Bonchev–Trinajstić information content (AvgIpc) is 3.19. The summed E-state index contributed by atoms with van der Waals surface area (Å²) in [7, 11) is 1.69. The normalized spacial score (nSPS) is 14.3. The van der Waals surface area contributed by atoms with E-state index >= 15 is 0 Å². The first-order valence-electron chi connectivity index (χ1n) is 9.47. The lowest BCUT2D eigenvalue weighted by molar-refractivity contribution is 0.0953. The van der Waals surface area contributed by atoms with Crippen molar-refractivity contribution in [2.24, 2.45) is 0 Å². The van der Waals surface area contributed by atoms with Gasteiger partial charge in [0.2, 0.25) is 0 Å². The average molecular weight is 352 g/mol. The molecule has 0 unspecified atom stereocenters. The van der Waals surface area contributed by atoms with Crippen LogP contribution in [0.25, 0.3) is 0 Å². The molecule has 1 N–H and O–H groups in total. The van der Waals surface area contributed by atoms with Crippen molar-refractivity contribution in [1.29, 1.82) is 0 Å². The molecule has 1 fully saturated rings. The SMILES string of the molecule is COc1ccccc1CCCNC(=O)c1ccc(CN2CCCC2)cc1. The molecule has 0 radical (unpaired) electrons. The number of likely N-dealkylation sites (tertiary alicyclic amines) is 1. The van der Waals surface area contributed by atoms with Crippen LogP contribution in [0.1, 0.15) is 40.7 Å². The van der Waals surface area contributed by atoms with Crippen molar-refractivity contribution in [2.75, 3.05) is 26.7 Å². The third-order valence-electron chi connectivity index (χ3n) is 4.92. The van der Waals surface area contributed by atoms with Gasteiger partial charge < -0.3 is 10.1 Å². The van der Waals surface area contributed by atoms with Crippen molar-refractivity contribution in [1.82, 2.24) is 10.2 Å². The zero-order chi connectivity index (χ0) is 18.2. The molecule has 1 heterocycles. The number of carbonyl (C=O) groups excluding carboxylic acids is 1. The Morgan fingerprint density at radius 1 is 1.08 bits per heavy atom. The van der Waals surface area contributed by atoms with E-state index < -0.39 is 0 Å². The summed E-state index contributed by atoms with van der Waals surface area (Å²) >= 11 is 0. The molecular weight excluding hydrogens is 324 g/mol. The van der Waals surface area contributed by atoms with Crippen LogP contribution in [0.15, 0.2) is 48.5 Å². The third-order valence-corrected chi connectivity index (χ3v) is 4.92. The molecule has 1 aliphatic heterocycles. The fourth-order valence-electron chi connectivity index (χ4n) is 3.45. The Bertz CT molecular complexity index is 706. The molecule has 1 aliphatic rings. The predicted molar refractivity (Wildman–Crippen MR) is 105 cm³/mol. The summed E-state index contributed by atoms with van der Waals surface area (Å²) in [4.78, 5) is 14.8. The van der Waals surface area contributed by atoms with Crippen LogP contribution in [0.2, 0.25) is 0 Å². The molecule has 4 heteroatoms. The molecular formula is C22H28N2O2. The molecule has 3 rings (SSSR count). The quantitative estimate of drug-likeness (QED) is 0.737. The number of hydrogen-bond acceptors (Lipinski definition) is 3. The summed E-state index contributed by atoms with van der Waals surface area (Å²) in [5, 5.41) is 3.01. The minimum absolute atomic E-state index is 0.00208. The van der Waals surface area contributed by atoms with Crippen LogP contribution >= 0.6 is 0 Å². The molecule has 0 aromatic heterocycles. The van der Waals surface area contributed by atoms with Gasteiger partial charge in [0, 0.05) is 18.7 Å². The largest absolute Gasteiger partial charge is 0.496 e. The number of ether oxygens (including phenoxy) is 1. The van der Waals surface area contributed by atoms with Gasteiger partial charge in [0.1, 0.15) is 5.75 Å². The molecule has 0 aliphatic carbocycles. The van der Waals surface area contributed by atoms with E-state index in [9.17, 15) is 4.79 Å². The molecule has 26 heavy (non-hydrogen) atoms. The van der Waals surface area contributed by atoms with Gasteiger partial charge in [-0.1, -0.05) is 30.3 Å². The Morgan fingerprint density at radius 2 is 1.81 bits per heavy atom. The first-order valence-corrected chi connectivity index (χ1v) is 9.47. The van der Waals surface area contributed by atoms with Crippen LogP contribution in [0.5, 0.6) is 5.75 Å². The molecule has 4 nitrogen and oxygen atoms in total. The molecule has 1 amide bonds. The number of nitrogens with one attached hydrogen (secondary N) is 1. The number of amides is 1. The van der Waals surface area contributed by atoms with E-state index in [0.717, 1.165) is 30.7 Å². The van der Waals surface area contributed by atoms with Crippen LogP contribution in [-0.4, -0.2) is 37.6 Å². The highest BCUT2D eigenvalue weighted by Gasteiger charge is 2.12. The highest BCUT2D eigenvalue weighted by atomic mass is 16.5. The number of benzene rings is 2. The lowest BCUT2D eigenvalue weighted by Gasteiger charge is -2.14. The molecule has 0 atom stereocenters. The second-order valence-corrected chi connectivity index (χ2v) is 6.85. The fourth-order valence-corrected chi connectivity index (χ4v) is 3.45. The van der Waals surface area contributed by atoms with Crippen LogP contribution in [0.3, 0.4) is 0 Å². The first-order chi connectivity index (χ1) is 12.8. The van der Waals surface area contributed by atoms with E-state index in [1.165, 1.54) is 37.1 Å². The zero-order valence-electron chi connectivity index (χ0n) is 15.5. The van der Waals surface area contributed by atoms with Crippen LogP contribution in [0, 0.1) is 0 Å². The maximum Gasteiger partial charge on any atom is 0.251 e. The minimum atomic E-state index is -0.00208. The summed E-state index contributed by atoms with van der Waals surface area (Å²) < 4.78 is 5.36. The van der Waals surface area contributed by atoms with Crippen molar-refractivity contribution < 1.29 is 9.53 Å². The number of hydrogen-bond donors (Lipinski definition) is 1. The summed E-state index contributed by atoms with van der Waals surface area (Å²) in [5.41, 5.74) is 3.18. The Hall–Kier alpha value is -2.33. The monoisotopic (exact) mass is 352 g/mol. The zero-order valence-corrected chi connectivity index (χ0v) is 15.5. The number of methoxy groups -OCH3 is 1. The molecule has 0 spiro atoms. The second kappa shape index (κ2) is 9.39. The van der Waals surface area contributed by atoms with Crippen molar-refractivity contribution in [2.45, 2.75) is 32.2 Å². The first kappa shape index (κ1) is 18.5. The van der Waals surface area contributed by atoms with Gasteiger partial charge in [0.25, 0.3) is 5.91 Å². The van der Waals surface area contributed by atoms with Gasteiger partial charge in [-0.2, -0.15) is 0 Å². The standard InChI is InChI=1S/C22H28N2O2/c1-26-21-9-3-2-7-19(21)8-6-14-23-22(25)20-12-10-18(11-13-20)17-24-15-4-5-16-24/h2-3,7,9-13H,4-6,8,14-17H2,1H3,(H,23,25). The van der Waals surface area contributed by atoms with Gasteiger partial charge in [-0.15, -0.1) is 0 Å². The molecule has 2 aromatic rings. The molecule has 1 saturated heterocycles. The van der Waals surface area contributed by atoms with Crippen LogP contribution in [-0.2, 0) is 13.0 Å². The van der Waals surface area contributed by atoms with Gasteiger partial charge in [-0.05, 0) is 68.1 Å². The number of para-hydroxylation sites is 1. The minimum Gasteiger partial charge on any atom is -0.496 e. The maximum absolute atomic E-state index is 12.3. The van der Waals surface area contributed by atoms with Gasteiger partial charge >= 0.3 is 0 Å². The number of carbonyl (C=O) groups is 1. The topological polar surface area (TPSA) is 41.6 Å². The lowest BCUT2D eigenvalue weighted by Crippen LogP contribution is -2.25. The predicted octanol–water partition coefficient (Wildman–Crippen LogP) is 3.65. The van der Waals surface area contributed by atoms with Gasteiger partial charge in [0.15, 0.2) is 0 Å². The van der Waals surface area contributed by atoms with E-state index in [0.29, 0.717) is 6.54 Å². The van der Waals surface area contributed by atoms with E-state index in [-0.39, 0.29) is 5.91 Å². The van der Waals surface area contributed by atoms with Crippen molar-refractivity contribution in [3.8, 4) is 5.75 Å². The second-order valence-electron chi connectivity index (χ2n) is 6.85.